The molecule has 1 aliphatic carbocycles. The van der Waals surface area contributed by atoms with Crippen LogP contribution in [0.25, 0.3) is 5.57 Å². The van der Waals surface area contributed by atoms with Gasteiger partial charge in [0.1, 0.15) is 37.1 Å². The van der Waals surface area contributed by atoms with Gasteiger partial charge in [-0.3, -0.25) is 19.7 Å². The molecule has 0 radical (unpaired) electrons. The molecule has 12 heteroatoms. The molecule has 0 saturated heterocycles. The van der Waals surface area contributed by atoms with Crippen molar-refractivity contribution in [3.63, 3.8) is 0 Å². The van der Waals surface area contributed by atoms with Crippen LogP contribution in [0.1, 0.15) is 49.5 Å². The highest BCUT2D eigenvalue weighted by molar-refractivity contribution is 6.32. The van der Waals surface area contributed by atoms with E-state index in [2.05, 4.69) is 32.0 Å². The predicted molar refractivity (Wildman–Crippen MR) is 161 cm³/mol. The average molecular weight is 566 g/mol. The van der Waals surface area contributed by atoms with Crippen molar-refractivity contribution in [2.24, 2.45) is 27.8 Å². The van der Waals surface area contributed by atoms with Gasteiger partial charge >= 0.3 is 0 Å². The van der Waals surface area contributed by atoms with Crippen molar-refractivity contribution < 1.29 is 9.47 Å². The first-order valence-corrected chi connectivity index (χ1v) is 13.7. The van der Waals surface area contributed by atoms with Crippen molar-refractivity contribution in [2.45, 2.75) is 44.8 Å². The quantitative estimate of drug-likeness (QED) is 0.162. The van der Waals surface area contributed by atoms with Crippen LogP contribution in [0, 0.1) is 0 Å². The largest absolute Gasteiger partial charge is 0.490 e. The van der Waals surface area contributed by atoms with Gasteiger partial charge in [-0.25, -0.2) is 4.98 Å². The minimum Gasteiger partial charge on any atom is -0.490 e. The van der Waals surface area contributed by atoms with Gasteiger partial charge in [0.15, 0.2) is 0 Å². The van der Waals surface area contributed by atoms with Gasteiger partial charge < -0.3 is 25.1 Å². The molecule has 4 rings (SSSR count). The summed E-state index contributed by atoms with van der Waals surface area (Å²) >= 11 is 6.31. The van der Waals surface area contributed by atoms with E-state index in [0.29, 0.717) is 49.1 Å². The molecule has 1 fully saturated rings. The fraction of sp³-hybridized carbons (Fsp3) is 0.393. The van der Waals surface area contributed by atoms with Crippen molar-refractivity contribution in [1.29, 1.82) is 0 Å². The Labute approximate surface area is 239 Å². The van der Waals surface area contributed by atoms with Crippen LogP contribution in [0.15, 0.2) is 58.0 Å². The van der Waals surface area contributed by atoms with Gasteiger partial charge in [-0.05, 0) is 37.3 Å². The van der Waals surface area contributed by atoms with Crippen LogP contribution in [-0.4, -0.2) is 58.4 Å². The predicted octanol–water partition coefficient (Wildman–Crippen LogP) is 4.90. The lowest BCUT2D eigenvalue weighted by molar-refractivity contribution is 0.267. The molecule has 11 nitrogen and oxygen atoms in total. The Bertz CT molecular complexity index is 1340. The Morgan fingerprint density at radius 1 is 1.25 bits per heavy atom. The van der Waals surface area contributed by atoms with Crippen molar-refractivity contribution in [3.05, 3.63) is 59.4 Å². The number of aromatic nitrogens is 4. The first kappa shape index (κ1) is 28.9. The number of halogens is 1. The molecule has 2 heterocycles. The van der Waals surface area contributed by atoms with Crippen molar-refractivity contribution in [3.8, 4) is 11.6 Å². The number of hydrogen-bond acceptors (Lipinski definition) is 8. The number of nitrogens with two attached hydrogens (primary N) is 1. The van der Waals surface area contributed by atoms with Gasteiger partial charge in [-0.1, -0.05) is 36.9 Å². The van der Waals surface area contributed by atoms with E-state index in [-0.39, 0.29) is 0 Å². The van der Waals surface area contributed by atoms with E-state index in [0.717, 1.165) is 35.5 Å². The second kappa shape index (κ2) is 14.9. The molecule has 0 unspecified atom stereocenters. The van der Waals surface area contributed by atoms with Crippen molar-refractivity contribution in [1.82, 2.24) is 19.3 Å². The highest BCUT2D eigenvalue weighted by Crippen LogP contribution is 2.32. The summed E-state index contributed by atoms with van der Waals surface area (Å²) < 4.78 is 15.8. The second-order valence-electron chi connectivity index (χ2n) is 9.33. The van der Waals surface area contributed by atoms with E-state index in [1.807, 2.05) is 40.8 Å². The Kier molecular flexibility index (Phi) is 10.7. The van der Waals surface area contributed by atoms with E-state index < -0.39 is 0 Å². The number of allylic oxidation sites excluding steroid dienone is 1. The third kappa shape index (κ3) is 7.95. The molecule has 0 amide bonds. The van der Waals surface area contributed by atoms with Gasteiger partial charge in [-0.15, -0.1) is 5.10 Å². The number of aryl methyl sites for hydroxylation is 1. The summed E-state index contributed by atoms with van der Waals surface area (Å²) in [6.07, 6.45) is 16.2. The summed E-state index contributed by atoms with van der Waals surface area (Å²) in [6, 6.07) is 5.86. The third-order valence-electron chi connectivity index (χ3n) is 6.58. The number of anilines is 1. The minimum atomic E-state index is 0.303. The molecule has 3 aromatic rings. The lowest BCUT2D eigenvalue weighted by Gasteiger charge is -2.21. The number of aliphatic imine (C=N–C) groups is 3. The van der Waals surface area contributed by atoms with Crippen molar-refractivity contribution >= 4 is 42.1 Å². The van der Waals surface area contributed by atoms with Gasteiger partial charge in [0.05, 0.1) is 30.1 Å². The number of benzene rings is 1. The highest BCUT2D eigenvalue weighted by Gasteiger charge is 2.20. The van der Waals surface area contributed by atoms with Crippen LogP contribution < -0.4 is 20.5 Å². The Hall–Kier alpha value is -4.12. The van der Waals surface area contributed by atoms with Crippen LogP contribution in [0.2, 0.25) is 5.02 Å². The number of nitrogens with zero attached hydrogens (tertiary/aromatic N) is 7. The lowest BCUT2D eigenvalue weighted by Crippen LogP contribution is -2.13. The number of hydrogen-bond donors (Lipinski definition) is 2. The summed E-state index contributed by atoms with van der Waals surface area (Å²) in [5.41, 5.74) is 7.65. The highest BCUT2D eigenvalue weighted by atomic mass is 35.5. The van der Waals surface area contributed by atoms with Crippen LogP contribution in [0.5, 0.6) is 11.6 Å². The van der Waals surface area contributed by atoms with Gasteiger partial charge in [0.2, 0.25) is 0 Å². The molecule has 0 aliphatic heterocycles. The summed E-state index contributed by atoms with van der Waals surface area (Å²) in [7, 11) is 1.94. The molecule has 1 saturated carbocycles. The summed E-state index contributed by atoms with van der Waals surface area (Å²) in [4.78, 5) is 16.8. The third-order valence-corrected chi connectivity index (χ3v) is 6.89. The number of rotatable bonds is 14. The van der Waals surface area contributed by atoms with Crippen LogP contribution in [0.4, 0.5) is 5.69 Å². The number of ether oxygens (including phenoxy) is 2. The van der Waals surface area contributed by atoms with Crippen LogP contribution in [0.3, 0.4) is 0 Å². The van der Waals surface area contributed by atoms with Crippen molar-refractivity contribution in [2.75, 3.05) is 25.1 Å². The van der Waals surface area contributed by atoms with E-state index in [4.69, 9.17) is 31.9 Å². The fourth-order valence-electron chi connectivity index (χ4n) is 4.44. The maximum atomic E-state index is 6.31. The zero-order valence-electron chi connectivity index (χ0n) is 22.7. The number of nitrogens with one attached hydrogen (secondary N) is 1. The molecule has 40 heavy (non-hydrogen) atoms. The lowest BCUT2D eigenvalue weighted by atomic mass is 9.96. The van der Waals surface area contributed by atoms with E-state index in [9.17, 15) is 0 Å². The Morgan fingerprint density at radius 2 is 2.10 bits per heavy atom. The molecular formula is C28H36ClN9O2. The SMILES string of the molecule is C=N/C=C(\C=N/CNc1cn(C2CCCCC2)nc1OCc1nccn1C)c1ccc(Cl)c(OCCN=CN)c1. The molecule has 3 N–H and O–H groups in total. The minimum absolute atomic E-state index is 0.303. The smallest absolute Gasteiger partial charge is 0.257 e. The Balaban J connectivity index is 1.44. The van der Waals surface area contributed by atoms with Gasteiger partial charge in [0, 0.05) is 37.4 Å². The van der Waals surface area contributed by atoms with Gasteiger partial charge in [0.25, 0.3) is 5.88 Å². The monoisotopic (exact) mass is 565 g/mol. The zero-order chi connectivity index (χ0) is 28.2. The van der Waals surface area contributed by atoms with E-state index >= 15 is 0 Å². The molecule has 0 bridgehead atoms. The first-order valence-electron chi connectivity index (χ1n) is 13.3. The average Bonchev–Trinajstić information content (AvgIpc) is 3.58. The molecular weight excluding hydrogens is 530 g/mol. The van der Waals surface area contributed by atoms with Crippen LogP contribution >= 0.6 is 11.6 Å². The molecule has 0 atom stereocenters. The zero-order valence-corrected chi connectivity index (χ0v) is 23.5. The molecule has 212 valence electrons. The summed E-state index contributed by atoms with van der Waals surface area (Å²) in [6.45, 7) is 5.01. The standard InChI is InChI=1S/C28H36ClN9O2/c1-31-15-22(21-8-9-24(29)26(14-21)39-13-11-32-19-30)16-33-20-35-25-17-38(23-6-4-3-5-7-23)36-28(25)40-18-27-34-10-12-37(27)2/h8-10,12,14-17,19,23,35H,1,3-7,11,13,18,20H2,2H3,(H2,30,32)/b22-15+,33-16-. The molecule has 0 spiro atoms. The molecule has 1 aliphatic rings. The first-order chi connectivity index (χ1) is 19.6. The molecule has 1 aromatic carbocycles. The fourth-order valence-corrected chi connectivity index (χ4v) is 4.61. The van der Waals surface area contributed by atoms with Crippen LogP contribution in [-0.2, 0) is 13.7 Å². The normalized spacial score (nSPS) is 14.7. The second-order valence-corrected chi connectivity index (χ2v) is 9.73. The number of imidazole rings is 1. The van der Waals surface area contributed by atoms with Gasteiger partial charge in [-0.2, -0.15) is 0 Å². The molecule has 2 aromatic heterocycles. The van der Waals surface area contributed by atoms with E-state index in [1.54, 1.807) is 24.7 Å². The summed E-state index contributed by atoms with van der Waals surface area (Å²) in [5, 5.41) is 8.62. The van der Waals surface area contributed by atoms with E-state index in [1.165, 1.54) is 25.6 Å². The maximum Gasteiger partial charge on any atom is 0.257 e. The Morgan fingerprint density at radius 3 is 2.85 bits per heavy atom. The maximum absolute atomic E-state index is 6.31. The summed E-state index contributed by atoms with van der Waals surface area (Å²) in [5.74, 6) is 1.89. The topological polar surface area (TPSA) is 129 Å².